The molecule has 2 rings (SSSR count). The molecule has 0 spiro atoms. The molecule has 2 nitrogen and oxygen atoms in total. The average molecular weight is 406 g/mol. The lowest BCUT2D eigenvalue weighted by atomic mass is 9.80. The van der Waals surface area contributed by atoms with Crippen LogP contribution in [0.1, 0.15) is 57.7 Å². The molecule has 0 amide bonds. The molecule has 0 saturated heterocycles. The smallest absolute Gasteiger partial charge is 0.0630 e. The second kappa shape index (κ2) is 7.44. The minimum atomic E-state index is 0.281. The molecular formula is C16H26Br2N2. The molecule has 1 saturated carbocycles. The van der Waals surface area contributed by atoms with E-state index in [-0.39, 0.29) is 5.41 Å². The van der Waals surface area contributed by atoms with E-state index in [4.69, 9.17) is 5.10 Å². The lowest BCUT2D eigenvalue weighted by Crippen LogP contribution is -2.30. The number of rotatable bonds is 7. The number of hydrogen-bond acceptors (Lipinski definition) is 1. The van der Waals surface area contributed by atoms with Crippen molar-refractivity contribution in [3.63, 3.8) is 0 Å². The van der Waals surface area contributed by atoms with Crippen molar-refractivity contribution >= 4 is 31.9 Å². The molecule has 1 aliphatic carbocycles. The molecule has 0 aromatic carbocycles. The summed E-state index contributed by atoms with van der Waals surface area (Å²) in [5.41, 5.74) is 1.53. The zero-order chi connectivity index (χ0) is 14.6. The molecule has 0 N–H and O–H groups in total. The van der Waals surface area contributed by atoms with Gasteiger partial charge in [-0.25, -0.2) is 0 Å². The van der Waals surface area contributed by atoms with Crippen molar-refractivity contribution in [2.45, 2.75) is 58.4 Å². The highest BCUT2D eigenvalue weighted by Crippen LogP contribution is 2.35. The van der Waals surface area contributed by atoms with E-state index in [2.05, 4.69) is 62.7 Å². The van der Waals surface area contributed by atoms with Crippen LogP contribution in [-0.4, -0.2) is 20.4 Å². The van der Waals surface area contributed by atoms with E-state index in [0.29, 0.717) is 12.0 Å². The standard InChI is InChI=1S/C16H26Br2N2/c1-13(2)9-16(11-17,12-18)10-14-7-8-20(19-14)15-5-3-4-6-15/h7-8,13,15H,3-6,9-12H2,1-2H3. The molecule has 114 valence electrons. The highest BCUT2D eigenvalue weighted by atomic mass is 79.9. The lowest BCUT2D eigenvalue weighted by Gasteiger charge is -2.31. The molecule has 20 heavy (non-hydrogen) atoms. The first-order valence-corrected chi connectivity index (χ1v) is 9.99. The normalized spacial score (nSPS) is 17.2. The van der Waals surface area contributed by atoms with Gasteiger partial charge < -0.3 is 0 Å². The van der Waals surface area contributed by atoms with Crippen LogP contribution >= 0.6 is 31.9 Å². The van der Waals surface area contributed by atoms with Crippen molar-refractivity contribution in [2.24, 2.45) is 11.3 Å². The Balaban J connectivity index is 2.06. The van der Waals surface area contributed by atoms with Crippen LogP contribution in [0.2, 0.25) is 0 Å². The van der Waals surface area contributed by atoms with Gasteiger partial charge in [0.25, 0.3) is 0 Å². The van der Waals surface area contributed by atoms with Gasteiger partial charge in [-0.2, -0.15) is 5.10 Å². The van der Waals surface area contributed by atoms with E-state index in [9.17, 15) is 0 Å². The van der Waals surface area contributed by atoms with E-state index in [1.165, 1.54) is 37.8 Å². The van der Waals surface area contributed by atoms with Crippen LogP contribution in [0.5, 0.6) is 0 Å². The third-order valence-corrected chi connectivity index (χ3v) is 6.71. The third kappa shape index (κ3) is 4.09. The Kier molecular flexibility index (Phi) is 6.15. The van der Waals surface area contributed by atoms with E-state index in [1.54, 1.807) is 0 Å². The van der Waals surface area contributed by atoms with Gasteiger partial charge in [0.1, 0.15) is 0 Å². The van der Waals surface area contributed by atoms with E-state index in [1.807, 2.05) is 0 Å². The summed E-state index contributed by atoms with van der Waals surface area (Å²) in [5.74, 6) is 0.710. The molecule has 1 aromatic rings. The summed E-state index contributed by atoms with van der Waals surface area (Å²) in [6.45, 7) is 4.61. The summed E-state index contributed by atoms with van der Waals surface area (Å²) < 4.78 is 2.21. The molecule has 1 heterocycles. The van der Waals surface area contributed by atoms with Crippen LogP contribution in [-0.2, 0) is 6.42 Å². The fraction of sp³-hybridized carbons (Fsp3) is 0.812. The quantitative estimate of drug-likeness (QED) is 0.558. The number of aromatic nitrogens is 2. The first kappa shape index (κ1) is 16.5. The Bertz CT molecular complexity index is 404. The largest absolute Gasteiger partial charge is 0.269 e. The van der Waals surface area contributed by atoms with E-state index < -0.39 is 0 Å². The maximum atomic E-state index is 4.86. The van der Waals surface area contributed by atoms with Gasteiger partial charge in [-0.15, -0.1) is 0 Å². The zero-order valence-electron chi connectivity index (χ0n) is 12.6. The highest BCUT2D eigenvalue weighted by molar-refractivity contribution is 9.09. The van der Waals surface area contributed by atoms with Crippen molar-refractivity contribution in [3.05, 3.63) is 18.0 Å². The summed E-state index contributed by atoms with van der Waals surface area (Å²) in [5, 5.41) is 6.91. The summed E-state index contributed by atoms with van der Waals surface area (Å²) in [6, 6.07) is 2.87. The van der Waals surface area contributed by atoms with Crippen LogP contribution in [0.15, 0.2) is 12.3 Å². The molecule has 1 aliphatic rings. The van der Waals surface area contributed by atoms with Crippen LogP contribution in [0, 0.1) is 11.3 Å². The summed E-state index contributed by atoms with van der Waals surface area (Å²) in [6.07, 6.45) is 9.79. The molecule has 0 bridgehead atoms. The topological polar surface area (TPSA) is 17.8 Å². The van der Waals surface area contributed by atoms with Gasteiger partial charge in [0.2, 0.25) is 0 Å². The number of halogens is 2. The Hall–Kier alpha value is 0.170. The maximum absolute atomic E-state index is 4.86. The molecule has 1 fully saturated rings. The SMILES string of the molecule is CC(C)CC(CBr)(CBr)Cc1ccn(C2CCCC2)n1. The first-order chi connectivity index (χ1) is 9.58. The zero-order valence-corrected chi connectivity index (χ0v) is 15.8. The van der Waals surface area contributed by atoms with Crippen molar-refractivity contribution < 1.29 is 0 Å². The number of hydrogen-bond donors (Lipinski definition) is 0. The van der Waals surface area contributed by atoms with Crippen LogP contribution in [0.3, 0.4) is 0 Å². The minimum absolute atomic E-state index is 0.281. The van der Waals surface area contributed by atoms with Crippen molar-refractivity contribution in [3.8, 4) is 0 Å². The molecule has 0 aliphatic heterocycles. The predicted octanol–water partition coefficient (Wildman–Crippen LogP) is 5.36. The van der Waals surface area contributed by atoms with Crippen LogP contribution in [0.4, 0.5) is 0 Å². The molecule has 0 radical (unpaired) electrons. The first-order valence-electron chi connectivity index (χ1n) is 7.74. The average Bonchev–Trinajstić information content (AvgIpc) is 3.07. The molecular weight excluding hydrogens is 380 g/mol. The van der Waals surface area contributed by atoms with Gasteiger partial charge in [-0.05, 0) is 43.1 Å². The highest BCUT2D eigenvalue weighted by Gasteiger charge is 2.30. The van der Waals surface area contributed by atoms with Gasteiger partial charge in [0, 0.05) is 16.9 Å². The second-order valence-corrected chi connectivity index (χ2v) is 7.89. The van der Waals surface area contributed by atoms with Gasteiger partial charge in [-0.3, -0.25) is 4.68 Å². The lowest BCUT2D eigenvalue weighted by molar-refractivity contribution is 0.300. The van der Waals surface area contributed by atoms with Crippen LogP contribution in [0.25, 0.3) is 0 Å². The van der Waals surface area contributed by atoms with Crippen molar-refractivity contribution in [2.75, 3.05) is 10.7 Å². The Morgan fingerprint density at radius 2 is 1.95 bits per heavy atom. The number of alkyl halides is 2. The minimum Gasteiger partial charge on any atom is -0.269 e. The van der Waals surface area contributed by atoms with E-state index >= 15 is 0 Å². The van der Waals surface area contributed by atoms with Gasteiger partial charge >= 0.3 is 0 Å². The monoisotopic (exact) mass is 404 g/mol. The summed E-state index contributed by atoms with van der Waals surface area (Å²) in [4.78, 5) is 0. The molecule has 0 atom stereocenters. The Morgan fingerprint density at radius 1 is 1.30 bits per heavy atom. The fourth-order valence-electron chi connectivity index (χ4n) is 3.41. The van der Waals surface area contributed by atoms with Crippen molar-refractivity contribution in [1.82, 2.24) is 9.78 Å². The van der Waals surface area contributed by atoms with Gasteiger partial charge in [-0.1, -0.05) is 58.5 Å². The van der Waals surface area contributed by atoms with Gasteiger partial charge in [0.15, 0.2) is 0 Å². The molecule has 0 unspecified atom stereocenters. The second-order valence-electron chi connectivity index (χ2n) is 6.77. The Labute approximate surface area is 140 Å². The van der Waals surface area contributed by atoms with Crippen LogP contribution < -0.4 is 0 Å². The fourth-order valence-corrected chi connectivity index (χ4v) is 5.19. The third-order valence-electron chi connectivity index (χ3n) is 4.33. The summed E-state index contributed by atoms with van der Waals surface area (Å²) >= 11 is 7.46. The van der Waals surface area contributed by atoms with E-state index in [0.717, 1.165) is 17.1 Å². The maximum Gasteiger partial charge on any atom is 0.0630 e. The Morgan fingerprint density at radius 3 is 2.50 bits per heavy atom. The van der Waals surface area contributed by atoms with Crippen molar-refractivity contribution in [1.29, 1.82) is 0 Å². The number of nitrogens with zero attached hydrogens (tertiary/aromatic N) is 2. The predicted molar refractivity (Wildman–Crippen MR) is 92.9 cm³/mol. The molecule has 1 aromatic heterocycles. The summed E-state index contributed by atoms with van der Waals surface area (Å²) in [7, 11) is 0. The molecule has 4 heteroatoms. The van der Waals surface area contributed by atoms with Gasteiger partial charge in [0.05, 0.1) is 11.7 Å².